The maximum Gasteiger partial charge on any atom is 0.314 e. The van der Waals surface area contributed by atoms with Gasteiger partial charge in [-0.05, 0) is 56.8 Å². The lowest BCUT2D eigenvalue weighted by atomic mass is 9.75. The molecule has 188 valence electrons. The Bertz CT molecular complexity index is 736. The van der Waals surface area contributed by atoms with E-state index in [0.717, 1.165) is 12.0 Å². The van der Waals surface area contributed by atoms with Gasteiger partial charge in [-0.1, -0.05) is 71.0 Å². The zero-order valence-electron chi connectivity index (χ0n) is 22.7. The van der Waals surface area contributed by atoms with E-state index >= 15 is 0 Å². The summed E-state index contributed by atoms with van der Waals surface area (Å²) in [4.78, 5) is 13.1. The van der Waals surface area contributed by atoms with Crippen molar-refractivity contribution in [2.75, 3.05) is 6.61 Å². The molecule has 0 N–H and O–H groups in total. The van der Waals surface area contributed by atoms with E-state index in [9.17, 15) is 4.79 Å². The predicted octanol–water partition coefficient (Wildman–Crippen LogP) is 7.40. The maximum atomic E-state index is 13.1. The molecular formula is C28H48O4Si. The van der Waals surface area contributed by atoms with Crippen LogP contribution in [0.3, 0.4) is 0 Å². The number of benzene rings is 1. The smallest absolute Gasteiger partial charge is 0.314 e. The van der Waals surface area contributed by atoms with Crippen LogP contribution in [0.4, 0.5) is 0 Å². The molecule has 0 heterocycles. The van der Waals surface area contributed by atoms with Gasteiger partial charge in [0.25, 0.3) is 0 Å². The molecule has 0 aromatic heterocycles. The van der Waals surface area contributed by atoms with Crippen LogP contribution < -0.4 is 0 Å². The molecule has 33 heavy (non-hydrogen) atoms. The van der Waals surface area contributed by atoms with Crippen LogP contribution in [-0.2, 0) is 25.3 Å². The Morgan fingerprint density at radius 1 is 1.09 bits per heavy atom. The van der Waals surface area contributed by atoms with Crippen molar-refractivity contribution in [2.45, 2.75) is 98.8 Å². The first-order valence-electron chi connectivity index (χ1n) is 12.3. The van der Waals surface area contributed by atoms with Gasteiger partial charge in [0.15, 0.2) is 8.32 Å². The Kier molecular flexibility index (Phi) is 11.1. The van der Waals surface area contributed by atoms with Gasteiger partial charge >= 0.3 is 5.97 Å². The number of allylic oxidation sites excluding steroid dienone is 1. The molecule has 0 amide bonds. The topological polar surface area (TPSA) is 44.8 Å². The second-order valence-corrected chi connectivity index (χ2v) is 16.1. The van der Waals surface area contributed by atoms with E-state index in [1.807, 2.05) is 45.0 Å². The van der Waals surface area contributed by atoms with Crippen molar-refractivity contribution in [3.05, 3.63) is 48.6 Å². The van der Waals surface area contributed by atoms with Crippen LogP contribution in [-0.4, -0.2) is 33.1 Å². The van der Waals surface area contributed by atoms with E-state index in [-0.39, 0.29) is 35.1 Å². The molecule has 1 rings (SSSR count). The molecule has 0 spiro atoms. The van der Waals surface area contributed by atoms with Crippen LogP contribution in [0.5, 0.6) is 0 Å². The van der Waals surface area contributed by atoms with E-state index in [0.29, 0.717) is 13.2 Å². The Balaban J connectivity index is 3.38. The highest BCUT2D eigenvalue weighted by Gasteiger charge is 2.50. The van der Waals surface area contributed by atoms with Crippen LogP contribution in [0.2, 0.25) is 18.1 Å². The van der Waals surface area contributed by atoms with Gasteiger partial charge in [-0.2, -0.15) is 0 Å². The van der Waals surface area contributed by atoms with E-state index < -0.39 is 13.7 Å². The Hall–Kier alpha value is -1.43. The Morgan fingerprint density at radius 3 is 2.15 bits per heavy atom. The highest BCUT2D eigenvalue weighted by Crippen LogP contribution is 2.43. The Morgan fingerprint density at radius 2 is 1.67 bits per heavy atom. The van der Waals surface area contributed by atoms with Gasteiger partial charge in [0.05, 0.1) is 30.8 Å². The highest BCUT2D eigenvalue weighted by molar-refractivity contribution is 6.74. The molecule has 4 atom stereocenters. The number of carbonyl (C=O) groups excluding carboxylic acids is 1. The minimum Gasteiger partial charge on any atom is -0.466 e. The summed E-state index contributed by atoms with van der Waals surface area (Å²) in [7, 11) is -2.18. The molecule has 1 aromatic carbocycles. The first-order chi connectivity index (χ1) is 15.2. The van der Waals surface area contributed by atoms with Crippen molar-refractivity contribution in [1.82, 2.24) is 0 Å². The summed E-state index contributed by atoms with van der Waals surface area (Å²) in [5, 5.41) is 0.0167. The molecule has 0 aliphatic carbocycles. The number of ether oxygens (including phenoxy) is 2. The molecule has 0 radical (unpaired) electrons. The van der Waals surface area contributed by atoms with Crippen LogP contribution in [0.25, 0.3) is 0 Å². The SMILES string of the molecule is C=CC[C@H](C)[C@H](OCc1ccccc1)[C@@H](C)[C@@H](O[Si](C)(C)C(C)(C)C)C(C)(C)C(=O)OCC. The lowest BCUT2D eigenvalue weighted by molar-refractivity contribution is -0.165. The van der Waals surface area contributed by atoms with Gasteiger partial charge in [-0.25, -0.2) is 0 Å². The monoisotopic (exact) mass is 476 g/mol. The fourth-order valence-electron chi connectivity index (χ4n) is 4.01. The summed E-state index contributed by atoms with van der Waals surface area (Å²) in [5.74, 6) is -0.0272. The normalized spacial score (nSPS) is 16.5. The largest absolute Gasteiger partial charge is 0.466 e. The number of rotatable bonds is 13. The lowest BCUT2D eigenvalue weighted by Gasteiger charge is -2.47. The number of hydrogen-bond donors (Lipinski definition) is 0. The van der Waals surface area contributed by atoms with Crippen molar-refractivity contribution in [3.63, 3.8) is 0 Å². The van der Waals surface area contributed by atoms with E-state index in [1.165, 1.54) is 0 Å². The molecule has 0 bridgehead atoms. The van der Waals surface area contributed by atoms with Crippen LogP contribution in [0.15, 0.2) is 43.0 Å². The summed E-state index contributed by atoms with van der Waals surface area (Å²) in [6.45, 7) is 26.1. The third-order valence-electron chi connectivity index (χ3n) is 7.12. The molecule has 4 nitrogen and oxygen atoms in total. The number of carbonyl (C=O) groups is 1. The van der Waals surface area contributed by atoms with Crippen molar-refractivity contribution >= 4 is 14.3 Å². The van der Waals surface area contributed by atoms with Gasteiger partial charge in [0.2, 0.25) is 0 Å². The van der Waals surface area contributed by atoms with E-state index in [1.54, 1.807) is 0 Å². The summed E-state index contributed by atoms with van der Waals surface area (Å²) in [5.41, 5.74) is 0.319. The molecule has 5 heteroatoms. The third kappa shape index (κ3) is 8.08. The fourth-order valence-corrected chi connectivity index (χ4v) is 5.51. The molecule has 0 fully saturated rings. The summed E-state index contributed by atoms with van der Waals surface area (Å²) in [6.07, 6.45) is 2.32. The number of hydrogen-bond acceptors (Lipinski definition) is 4. The maximum absolute atomic E-state index is 13.1. The second-order valence-electron chi connectivity index (χ2n) is 11.4. The zero-order chi connectivity index (χ0) is 25.4. The summed E-state index contributed by atoms with van der Waals surface area (Å²) >= 11 is 0. The van der Waals surface area contributed by atoms with Crippen molar-refractivity contribution in [2.24, 2.45) is 17.3 Å². The van der Waals surface area contributed by atoms with Gasteiger partial charge in [0, 0.05) is 5.92 Å². The van der Waals surface area contributed by atoms with Crippen LogP contribution in [0, 0.1) is 17.3 Å². The molecule has 0 saturated heterocycles. The number of esters is 1. The van der Waals surface area contributed by atoms with Crippen LogP contribution >= 0.6 is 0 Å². The third-order valence-corrected chi connectivity index (χ3v) is 11.6. The van der Waals surface area contributed by atoms with Gasteiger partial charge in [-0.15, -0.1) is 6.58 Å². The molecular weight excluding hydrogens is 428 g/mol. The highest BCUT2D eigenvalue weighted by atomic mass is 28.4. The Labute approximate surface area is 204 Å². The lowest BCUT2D eigenvalue weighted by Crippen LogP contribution is -2.55. The molecule has 0 saturated carbocycles. The van der Waals surface area contributed by atoms with E-state index in [2.05, 4.69) is 66.4 Å². The van der Waals surface area contributed by atoms with Crippen LogP contribution in [0.1, 0.15) is 67.4 Å². The molecule has 0 aliphatic heterocycles. The van der Waals surface area contributed by atoms with Crippen molar-refractivity contribution in [3.8, 4) is 0 Å². The van der Waals surface area contributed by atoms with Gasteiger partial charge < -0.3 is 13.9 Å². The summed E-state index contributed by atoms with van der Waals surface area (Å²) in [6, 6.07) is 10.2. The van der Waals surface area contributed by atoms with Crippen molar-refractivity contribution < 1.29 is 18.7 Å². The average molecular weight is 477 g/mol. The first kappa shape index (κ1) is 29.6. The van der Waals surface area contributed by atoms with Gasteiger partial charge in [-0.3, -0.25) is 4.79 Å². The average Bonchev–Trinajstić information content (AvgIpc) is 2.72. The zero-order valence-corrected chi connectivity index (χ0v) is 23.7. The minimum absolute atomic E-state index is 0.0167. The van der Waals surface area contributed by atoms with E-state index in [4.69, 9.17) is 13.9 Å². The summed E-state index contributed by atoms with van der Waals surface area (Å²) < 4.78 is 19.0. The predicted molar refractivity (Wildman–Crippen MR) is 141 cm³/mol. The van der Waals surface area contributed by atoms with Crippen molar-refractivity contribution in [1.29, 1.82) is 0 Å². The second kappa shape index (κ2) is 12.3. The first-order valence-corrected chi connectivity index (χ1v) is 15.2. The molecule has 0 aliphatic rings. The van der Waals surface area contributed by atoms with Gasteiger partial charge in [0.1, 0.15) is 0 Å². The molecule has 0 unspecified atom stereocenters. The quantitative estimate of drug-likeness (QED) is 0.169. The molecule has 1 aromatic rings. The minimum atomic E-state index is -2.18. The fraction of sp³-hybridized carbons (Fsp3) is 0.679. The standard InChI is InChI=1S/C28H48O4Si/c1-12-17-21(3)24(31-20-23-18-15-14-16-19-23)22(4)25(28(8,9)26(29)30-13-2)32-33(10,11)27(5,6)7/h12,14-16,18-19,21-22,24-25H,1,13,17,20H2,2-11H3/t21-,22+,24-,25+/m0/s1.